The van der Waals surface area contributed by atoms with Crippen LogP contribution in [0.15, 0.2) is 30.3 Å². The van der Waals surface area contributed by atoms with Gasteiger partial charge in [0.2, 0.25) is 5.91 Å². The molecule has 5 heteroatoms. The van der Waals surface area contributed by atoms with E-state index in [4.69, 9.17) is 23.1 Å². The lowest BCUT2D eigenvalue weighted by Crippen LogP contribution is -2.42. The van der Waals surface area contributed by atoms with E-state index in [1.54, 1.807) is 4.90 Å². The van der Waals surface area contributed by atoms with Crippen molar-refractivity contribution >= 4 is 23.1 Å². The minimum atomic E-state index is -0.481. The van der Waals surface area contributed by atoms with Gasteiger partial charge in [0.15, 0.2) is 0 Å². The van der Waals surface area contributed by atoms with Crippen LogP contribution in [-0.4, -0.2) is 40.6 Å². The molecule has 0 heterocycles. The van der Waals surface area contributed by atoms with Crippen LogP contribution in [0.5, 0.6) is 0 Å². The quantitative estimate of drug-likeness (QED) is 0.711. The van der Waals surface area contributed by atoms with Gasteiger partial charge < -0.3 is 15.7 Å². The Kier molecular flexibility index (Phi) is 7.18. The van der Waals surface area contributed by atoms with Crippen LogP contribution in [0.2, 0.25) is 0 Å². The topological polar surface area (TPSA) is 66.6 Å². The molecule has 0 aliphatic carbocycles. The number of nitrogens with zero attached hydrogens (tertiary/aromatic N) is 1. The predicted molar refractivity (Wildman–Crippen MR) is 84.4 cm³/mol. The molecule has 1 rings (SSSR count). The number of rotatable bonds is 8. The first-order chi connectivity index (χ1) is 9.60. The first-order valence-corrected chi connectivity index (χ1v) is 7.23. The molecule has 3 N–H and O–H groups in total. The Bertz CT molecular complexity index is 437. The molecule has 20 heavy (non-hydrogen) atoms. The highest BCUT2D eigenvalue weighted by Gasteiger charge is 2.25. The number of carbonyl (C=O) groups excluding carboxylic acids is 1. The first kappa shape index (κ1) is 16.6. The van der Waals surface area contributed by atoms with E-state index in [1.165, 1.54) is 0 Å². The summed E-state index contributed by atoms with van der Waals surface area (Å²) in [5, 5.41) is 8.89. The maximum atomic E-state index is 12.5. The van der Waals surface area contributed by atoms with Gasteiger partial charge in [-0.05, 0) is 25.3 Å². The largest absolute Gasteiger partial charge is 0.396 e. The summed E-state index contributed by atoms with van der Waals surface area (Å²) in [4.78, 5) is 14.4. The van der Waals surface area contributed by atoms with Crippen molar-refractivity contribution in [2.24, 2.45) is 11.7 Å². The molecule has 0 saturated heterocycles. The van der Waals surface area contributed by atoms with Gasteiger partial charge in [0.1, 0.15) is 0 Å². The number of carbonyl (C=O) groups is 1. The van der Waals surface area contributed by atoms with Crippen LogP contribution in [0.3, 0.4) is 0 Å². The molecule has 0 aliphatic heterocycles. The number of amides is 1. The molecule has 1 aromatic rings. The molecule has 110 valence electrons. The summed E-state index contributed by atoms with van der Waals surface area (Å²) in [5.74, 6) is -0.539. The van der Waals surface area contributed by atoms with Crippen LogP contribution in [0.1, 0.15) is 18.9 Å². The third-order valence-electron chi connectivity index (χ3n) is 3.20. The van der Waals surface area contributed by atoms with E-state index in [-0.39, 0.29) is 17.5 Å². The van der Waals surface area contributed by atoms with Crippen LogP contribution in [0.25, 0.3) is 0 Å². The molecule has 0 fully saturated rings. The highest BCUT2D eigenvalue weighted by Crippen LogP contribution is 2.13. The normalized spacial score (nSPS) is 11.9. The van der Waals surface area contributed by atoms with E-state index in [2.05, 4.69) is 0 Å². The molecule has 0 spiro atoms. The van der Waals surface area contributed by atoms with Crippen molar-refractivity contribution in [3.05, 3.63) is 35.9 Å². The second-order valence-corrected chi connectivity index (χ2v) is 5.11. The number of hydrogen-bond donors (Lipinski definition) is 2. The van der Waals surface area contributed by atoms with Crippen molar-refractivity contribution in [2.75, 3.05) is 19.7 Å². The average molecular weight is 294 g/mol. The van der Waals surface area contributed by atoms with Gasteiger partial charge in [-0.15, -0.1) is 0 Å². The molecule has 4 nitrogen and oxygen atoms in total. The van der Waals surface area contributed by atoms with E-state index in [1.807, 2.05) is 37.3 Å². The summed E-state index contributed by atoms with van der Waals surface area (Å²) in [7, 11) is 0. The maximum Gasteiger partial charge on any atom is 0.232 e. The van der Waals surface area contributed by atoms with Gasteiger partial charge in [-0.2, -0.15) is 0 Å². The van der Waals surface area contributed by atoms with Gasteiger partial charge in [-0.25, -0.2) is 0 Å². The van der Waals surface area contributed by atoms with Crippen molar-refractivity contribution in [2.45, 2.75) is 19.8 Å². The van der Waals surface area contributed by atoms with Gasteiger partial charge in [-0.3, -0.25) is 4.79 Å². The lowest BCUT2D eigenvalue weighted by molar-refractivity contribution is -0.133. The molecule has 0 radical (unpaired) electrons. The Morgan fingerprint density at radius 1 is 1.40 bits per heavy atom. The van der Waals surface area contributed by atoms with Gasteiger partial charge in [-0.1, -0.05) is 42.5 Å². The standard InChI is InChI=1S/C15H22N2O2S/c1-2-17(9-6-10-18)15(19)13(14(16)20)11-12-7-4-3-5-8-12/h3-5,7-8,13,18H,2,6,9-11H2,1H3,(H2,16,20). The van der Waals surface area contributed by atoms with Gasteiger partial charge in [0.05, 0.1) is 10.9 Å². The number of nitrogens with two attached hydrogens (primary N) is 1. The molecular weight excluding hydrogens is 272 g/mol. The molecule has 0 saturated carbocycles. The Morgan fingerprint density at radius 2 is 2.05 bits per heavy atom. The van der Waals surface area contributed by atoms with Crippen molar-refractivity contribution in [3.8, 4) is 0 Å². The lowest BCUT2D eigenvalue weighted by Gasteiger charge is -2.25. The molecule has 0 bridgehead atoms. The van der Waals surface area contributed by atoms with Crippen molar-refractivity contribution < 1.29 is 9.90 Å². The summed E-state index contributed by atoms with van der Waals surface area (Å²) in [6.45, 7) is 3.10. The Morgan fingerprint density at radius 3 is 2.55 bits per heavy atom. The lowest BCUT2D eigenvalue weighted by atomic mass is 9.97. The fraction of sp³-hybridized carbons (Fsp3) is 0.467. The summed E-state index contributed by atoms with van der Waals surface area (Å²) < 4.78 is 0. The van der Waals surface area contributed by atoms with Crippen LogP contribution in [0.4, 0.5) is 0 Å². The van der Waals surface area contributed by atoms with E-state index in [9.17, 15) is 4.79 Å². The maximum absolute atomic E-state index is 12.5. The predicted octanol–water partition coefficient (Wildman–Crippen LogP) is 1.36. The molecule has 0 aromatic heterocycles. The molecule has 1 unspecified atom stereocenters. The second-order valence-electron chi connectivity index (χ2n) is 4.64. The van der Waals surface area contributed by atoms with Crippen molar-refractivity contribution in [1.82, 2.24) is 4.90 Å². The minimum absolute atomic E-state index is 0.0581. The Hall–Kier alpha value is -1.46. The fourth-order valence-electron chi connectivity index (χ4n) is 2.07. The zero-order valence-electron chi connectivity index (χ0n) is 11.8. The van der Waals surface area contributed by atoms with Gasteiger partial charge in [0, 0.05) is 19.7 Å². The van der Waals surface area contributed by atoms with Crippen LogP contribution in [-0.2, 0) is 11.2 Å². The fourth-order valence-corrected chi connectivity index (χ4v) is 2.25. The van der Waals surface area contributed by atoms with Gasteiger partial charge in [0.25, 0.3) is 0 Å². The molecule has 1 atom stereocenters. The monoisotopic (exact) mass is 294 g/mol. The molecule has 1 amide bonds. The summed E-state index contributed by atoms with van der Waals surface area (Å²) in [5.41, 5.74) is 6.78. The SMILES string of the molecule is CCN(CCCO)C(=O)C(Cc1ccccc1)C(N)=S. The van der Waals surface area contributed by atoms with Gasteiger partial charge >= 0.3 is 0 Å². The summed E-state index contributed by atoms with van der Waals surface area (Å²) in [6.07, 6.45) is 1.08. The van der Waals surface area contributed by atoms with Crippen molar-refractivity contribution in [1.29, 1.82) is 0 Å². The number of thiocarbonyl (C=S) groups is 1. The highest BCUT2D eigenvalue weighted by atomic mass is 32.1. The summed E-state index contributed by atoms with van der Waals surface area (Å²) >= 11 is 5.05. The third kappa shape index (κ3) is 4.90. The zero-order chi connectivity index (χ0) is 15.0. The number of aliphatic hydroxyl groups excluding tert-OH is 1. The second kappa shape index (κ2) is 8.66. The Labute approximate surface area is 125 Å². The van der Waals surface area contributed by atoms with E-state index < -0.39 is 5.92 Å². The van der Waals surface area contributed by atoms with E-state index in [0.717, 1.165) is 5.56 Å². The summed E-state index contributed by atoms with van der Waals surface area (Å²) in [6, 6.07) is 9.71. The molecule has 0 aliphatic rings. The smallest absolute Gasteiger partial charge is 0.232 e. The van der Waals surface area contributed by atoms with E-state index in [0.29, 0.717) is 25.9 Å². The van der Waals surface area contributed by atoms with Crippen LogP contribution in [0, 0.1) is 5.92 Å². The average Bonchev–Trinajstić information content (AvgIpc) is 2.46. The molecule has 1 aromatic carbocycles. The van der Waals surface area contributed by atoms with Crippen molar-refractivity contribution in [3.63, 3.8) is 0 Å². The zero-order valence-corrected chi connectivity index (χ0v) is 12.6. The first-order valence-electron chi connectivity index (χ1n) is 6.83. The Balaban J connectivity index is 2.79. The number of benzene rings is 1. The van der Waals surface area contributed by atoms with Crippen LogP contribution >= 0.6 is 12.2 Å². The number of aliphatic hydroxyl groups is 1. The highest BCUT2D eigenvalue weighted by molar-refractivity contribution is 7.80. The van der Waals surface area contributed by atoms with E-state index >= 15 is 0 Å². The molecular formula is C15H22N2O2S. The third-order valence-corrected chi connectivity index (χ3v) is 3.49. The minimum Gasteiger partial charge on any atom is -0.396 e. The number of hydrogen-bond acceptors (Lipinski definition) is 3. The van der Waals surface area contributed by atoms with Crippen LogP contribution < -0.4 is 5.73 Å².